The van der Waals surface area contributed by atoms with Crippen LogP contribution in [0.15, 0.2) is 42.6 Å². The third kappa shape index (κ3) is 5.44. The zero-order valence-corrected chi connectivity index (χ0v) is 20.7. The molecule has 7 nitrogen and oxygen atoms in total. The molecule has 200 valence electrons. The highest BCUT2D eigenvalue weighted by Crippen LogP contribution is 2.39. The fourth-order valence-electron chi connectivity index (χ4n) is 5.66. The summed E-state index contributed by atoms with van der Waals surface area (Å²) in [6, 6.07) is 8.05. The Balaban J connectivity index is 1.53. The maximum atomic E-state index is 13.6. The molecular weight excluding hydrogens is 487 g/mol. The molecule has 2 saturated heterocycles. The number of halogens is 3. The van der Waals surface area contributed by atoms with Crippen molar-refractivity contribution in [3.05, 3.63) is 59.4 Å². The number of amides is 2. The van der Waals surface area contributed by atoms with Gasteiger partial charge in [0, 0.05) is 37.4 Å². The first-order valence-corrected chi connectivity index (χ1v) is 12.7. The summed E-state index contributed by atoms with van der Waals surface area (Å²) in [5, 5.41) is 21.3. The van der Waals surface area contributed by atoms with Gasteiger partial charge in [-0.2, -0.15) is 13.2 Å². The Bertz CT molecular complexity index is 1130. The fourth-order valence-corrected chi connectivity index (χ4v) is 5.66. The summed E-state index contributed by atoms with van der Waals surface area (Å²) >= 11 is 0. The van der Waals surface area contributed by atoms with Crippen molar-refractivity contribution in [2.24, 2.45) is 5.92 Å². The summed E-state index contributed by atoms with van der Waals surface area (Å²) in [5.41, 5.74) is -2.55. The topological polar surface area (TPSA) is 94.0 Å². The number of benzene rings is 1. The fraction of sp³-hybridized carbons (Fsp3) is 0.519. The van der Waals surface area contributed by atoms with Gasteiger partial charge in [-0.25, -0.2) is 0 Å². The van der Waals surface area contributed by atoms with Crippen LogP contribution in [-0.4, -0.2) is 62.5 Å². The Morgan fingerprint density at radius 1 is 1.11 bits per heavy atom. The predicted octanol–water partition coefficient (Wildman–Crippen LogP) is 4.34. The highest BCUT2D eigenvalue weighted by Gasteiger charge is 2.44. The number of likely N-dealkylation sites (tertiary alicyclic amines) is 2. The molecule has 2 fully saturated rings. The molecule has 0 spiro atoms. The monoisotopic (exact) mass is 519 g/mol. The number of piperidine rings is 2. The average Bonchev–Trinajstić information content (AvgIpc) is 2.88. The highest BCUT2D eigenvalue weighted by molar-refractivity contribution is 5.95. The number of pyridine rings is 1. The van der Waals surface area contributed by atoms with Crippen molar-refractivity contribution in [2.75, 3.05) is 19.6 Å². The Kier molecular flexibility index (Phi) is 7.77. The van der Waals surface area contributed by atoms with Gasteiger partial charge in [-0.3, -0.25) is 14.6 Å². The molecule has 0 bridgehead atoms. The quantitative estimate of drug-likeness (QED) is 0.613. The Labute approximate surface area is 213 Å². The van der Waals surface area contributed by atoms with Crippen molar-refractivity contribution >= 4 is 11.8 Å². The van der Waals surface area contributed by atoms with E-state index in [0.717, 1.165) is 12.1 Å². The zero-order valence-electron chi connectivity index (χ0n) is 20.7. The number of phenolic OH excluding ortho intramolecular Hbond substituents is 1. The van der Waals surface area contributed by atoms with E-state index in [4.69, 9.17) is 0 Å². The van der Waals surface area contributed by atoms with E-state index in [2.05, 4.69) is 4.98 Å². The molecule has 2 aliphatic heterocycles. The van der Waals surface area contributed by atoms with Crippen LogP contribution in [0.3, 0.4) is 0 Å². The van der Waals surface area contributed by atoms with E-state index >= 15 is 0 Å². The standard InChI is InChI=1S/C27H32F3N3O4/c1-2-7-21-18(8-6-15-33(21)25(36)23-20(27(28,29)30)10-5-14-31-23)24(35)32-16-12-26(37,13-17-32)19-9-3-4-11-22(19)34/h3-5,9-11,14,18,21,34,37H,2,6-8,12-13,15-17H2,1H3. The Morgan fingerprint density at radius 3 is 2.46 bits per heavy atom. The predicted molar refractivity (Wildman–Crippen MR) is 130 cm³/mol. The summed E-state index contributed by atoms with van der Waals surface area (Å²) in [6.07, 6.45) is -0.911. The summed E-state index contributed by atoms with van der Waals surface area (Å²) < 4.78 is 40.7. The smallest absolute Gasteiger partial charge is 0.418 e. The maximum absolute atomic E-state index is 13.6. The number of nitrogens with zero attached hydrogens (tertiary/aromatic N) is 3. The van der Waals surface area contributed by atoms with Crippen molar-refractivity contribution in [1.82, 2.24) is 14.8 Å². The molecule has 10 heteroatoms. The van der Waals surface area contributed by atoms with E-state index in [0.29, 0.717) is 31.2 Å². The lowest BCUT2D eigenvalue weighted by molar-refractivity contribution is -0.144. The first kappa shape index (κ1) is 26.9. The van der Waals surface area contributed by atoms with Crippen molar-refractivity contribution < 1.29 is 33.0 Å². The van der Waals surface area contributed by atoms with Crippen molar-refractivity contribution in [3.8, 4) is 5.75 Å². The number of aliphatic hydroxyl groups is 1. The molecule has 37 heavy (non-hydrogen) atoms. The molecule has 0 saturated carbocycles. The number of hydrogen-bond acceptors (Lipinski definition) is 5. The number of carbonyl (C=O) groups is 2. The molecule has 1 aromatic carbocycles. The highest BCUT2D eigenvalue weighted by atomic mass is 19.4. The van der Waals surface area contributed by atoms with Crippen LogP contribution >= 0.6 is 0 Å². The molecule has 2 unspecified atom stereocenters. The normalized spacial score (nSPS) is 22.1. The van der Waals surface area contributed by atoms with Crippen molar-refractivity contribution in [2.45, 2.75) is 63.3 Å². The van der Waals surface area contributed by atoms with Gasteiger partial charge in [0.2, 0.25) is 5.91 Å². The van der Waals surface area contributed by atoms with Crippen LogP contribution in [0.4, 0.5) is 13.2 Å². The number of rotatable bonds is 5. The van der Waals surface area contributed by atoms with Gasteiger partial charge in [-0.05, 0) is 50.3 Å². The van der Waals surface area contributed by atoms with Gasteiger partial charge in [0.1, 0.15) is 11.4 Å². The van der Waals surface area contributed by atoms with Crippen LogP contribution in [0, 0.1) is 5.92 Å². The minimum Gasteiger partial charge on any atom is -0.508 e. The summed E-state index contributed by atoms with van der Waals surface area (Å²) in [7, 11) is 0. The van der Waals surface area contributed by atoms with E-state index in [-0.39, 0.29) is 44.1 Å². The lowest BCUT2D eigenvalue weighted by Crippen LogP contribution is -2.55. The van der Waals surface area contributed by atoms with Gasteiger partial charge in [0.25, 0.3) is 5.91 Å². The van der Waals surface area contributed by atoms with Gasteiger partial charge >= 0.3 is 6.18 Å². The van der Waals surface area contributed by atoms with Crippen LogP contribution in [0.2, 0.25) is 0 Å². The lowest BCUT2D eigenvalue weighted by atomic mass is 9.81. The molecule has 0 aliphatic carbocycles. The molecule has 1 aromatic heterocycles. The van der Waals surface area contributed by atoms with Gasteiger partial charge in [0.05, 0.1) is 17.1 Å². The van der Waals surface area contributed by atoms with Gasteiger partial charge < -0.3 is 20.0 Å². The van der Waals surface area contributed by atoms with Gasteiger partial charge in [0.15, 0.2) is 0 Å². The number of aromatic nitrogens is 1. The molecule has 4 rings (SSSR count). The van der Waals surface area contributed by atoms with Crippen LogP contribution in [0.25, 0.3) is 0 Å². The summed E-state index contributed by atoms with van der Waals surface area (Å²) in [6.45, 7) is 2.71. The third-order valence-electron chi connectivity index (χ3n) is 7.56. The second kappa shape index (κ2) is 10.7. The van der Waals surface area contributed by atoms with E-state index in [9.17, 15) is 33.0 Å². The average molecular weight is 520 g/mol. The number of alkyl halides is 3. The Hall–Kier alpha value is -3.14. The molecule has 2 aromatic rings. The van der Waals surface area contributed by atoms with Crippen LogP contribution in [0.1, 0.15) is 67.1 Å². The Morgan fingerprint density at radius 2 is 1.81 bits per heavy atom. The van der Waals surface area contributed by atoms with Crippen LogP contribution in [-0.2, 0) is 16.6 Å². The minimum atomic E-state index is -4.72. The minimum absolute atomic E-state index is 0.00182. The number of carbonyl (C=O) groups excluding carboxylic acids is 2. The lowest BCUT2D eigenvalue weighted by Gasteiger charge is -2.44. The zero-order chi connectivity index (χ0) is 26.8. The molecular formula is C27H32F3N3O4. The molecule has 2 aliphatic rings. The summed E-state index contributed by atoms with van der Waals surface area (Å²) in [4.78, 5) is 33.8. The first-order chi connectivity index (χ1) is 17.6. The summed E-state index contributed by atoms with van der Waals surface area (Å²) in [5.74, 6) is -1.52. The van der Waals surface area contributed by atoms with Crippen molar-refractivity contribution in [3.63, 3.8) is 0 Å². The second-order valence-electron chi connectivity index (χ2n) is 9.87. The van der Waals surface area contributed by atoms with Crippen molar-refractivity contribution in [1.29, 1.82) is 0 Å². The van der Waals surface area contributed by atoms with E-state index in [1.807, 2.05) is 6.92 Å². The largest absolute Gasteiger partial charge is 0.508 e. The number of hydrogen-bond donors (Lipinski definition) is 2. The van der Waals surface area contributed by atoms with Crippen LogP contribution in [0.5, 0.6) is 5.75 Å². The van der Waals surface area contributed by atoms with Gasteiger partial charge in [-0.1, -0.05) is 31.5 Å². The number of phenols is 1. The second-order valence-corrected chi connectivity index (χ2v) is 9.87. The SMILES string of the molecule is CCCC1C(C(=O)N2CCC(O)(c3ccccc3O)CC2)CCCN1C(=O)c1ncccc1C(F)(F)F. The van der Waals surface area contributed by atoms with Gasteiger partial charge in [-0.15, -0.1) is 0 Å². The molecule has 2 amide bonds. The number of aromatic hydroxyl groups is 1. The third-order valence-corrected chi connectivity index (χ3v) is 7.56. The molecule has 0 radical (unpaired) electrons. The molecule has 2 atom stereocenters. The maximum Gasteiger partial charge on any atom is 0.418 e. The van der Waals surface area contributed by atoms with E-state index in [1.165, 1.54) is 17.2 Å². The molecule has 3 heterocycles. The van der Waals surface area contributed by atoms with E-state index in [1.54, 1.807) is 23.1 Å². The van der Waals surface area contributed by atoms with Crippen LogP contribution < -0.4 is 0 Å². The first-order valence-electron chi connectivity index (χ1n) is 12.7. The molecule has 2 N–H and O–H groups in total. The van der Waals surface area contributed by atoms with E-state index < -0.39 is 40.9 Å². The number of para-hydroxylation sites is 1.